The highest BCUT2D eigenvalue weighted by atomic mass is 32.2. The van der Waals surface area contributed by atoms with Gasteiger partial charge in [-0.2, -0.15) is 11.8 Å². The summed E-state index contributed by atoms with van der Waals surface area (Å²) in [5, 5.41) is 11.6. The number of nitrogens with zero attached hydrogens (tertiary/aromatic N) is 1. The molecular weight excluding hydrogens is 264 g/mol. The van der Waals surface area contributed by atoms with Crippen LogP contribution in [0.1, 0.15) is 17.3 Å². The minimum absolute atomic E-state index is 0.129. The number of urea groups is 1. The Morgan fingerprint density at radius 3 is 2.63 bits per heavy atom. The molecule has 0 aromatic heterocycles. The van der Waals surface area contributed by atoms with E-state index in [1.165, 1.54) is 12.1 Å². The van der Waals surface area contributed by atoms with Gasteiger partial charge in [-0.05, 0) is 31.2 Å². The van der Waals surface area contributed by atoms with Crippen LogP contribution >= 0.6 is 11.8 Å². The number of carboxylic acids is 1. The maximum absolute atomic E-state index is 12.1. The highest BCUT2D eigenvalue weighted by Gasteiger charge is 2.23. The number of carbonyl (C=O) groups excluding carboxylic acids is 1. The zero-order chi connectivity index (χ0) is 13.8. The molecule has 1 fully saturated rings. The SMILES string of the molecule is CC1CSCCN1C(=O)Nc1ccc(C(=O)O)cc1. The molecule has 1 atom stereocenters. The summed E-state index contributed by atoms with van der Waals surface area (Å²) in [6, 6.07) is 6.25. The molecule has 1 heterocycles. The van der Waals surface area contributed by atoms with Crippen molar-refractivity contribution in [2.24, 2.45) is 0 Å². The molecule has 0 saturated carbocycles. The van der Waals surface area contributed by atoms with E-state index in [9.17, 15) is 9.59 Å². The Balaban J connectivity index is 2.00. The Hall–Kier alpha value is -1.69. The van der Waals surface area contributed by atoms with Crippen LogP contribution in [0.25, 0.3) is 0 Å². The highest BCUT2D eigenvalue weighted by molar-refractivity contribution is 7.99. The molecule has 0 spiro atoms. The molecule has 0 aliphatic carbocycles. The molecule has 1 aliphatic heterocycles. The predicted molar refractivity (Wildman–Crippen MR) is 75.9 cm³/mol. The van der Waals surface area contributed by atoms with Gasteiger partial charge < -0.3 is 15.3 Å². The summed E-state index contributed by atoms with van der Waals surface area (Å²) in [5.74, 6) is 0.931. The van der Waals surface area contributed by atoms with Crippen LogP contribution in [0, 0.1) is 0 Å². The van der Waals surface area contributed by atoms with Gasteiger partial charge in [-0.25, -0.2) is 9.59 Å². The summed E-state index contributed by atoms with van der Waals surface area (Å²) in [7, 11) is 0. The maximum Gasteiger partial charge on any atom is 0.335 e. The highest BCUT2D eigenvalue weighted by Crippen LogP contribution is 2.18. The number of anilines is 1. The van der Waals surface area contributed by atoms with Crippen molar-refractivity contribution in [3.63, 3.8) is 0 Å². The van der Waals surface area contributed by atoms with Crippen molar-refractivity contribution in [1.82, 2.24) is 4.90 Å². The average molecular weight is 280 g/mol. The topological polar surface area (TPSA) is 69.6 Å². The van der Waals surface area contributed by atoms with Gasteiger partial charge in [-0.15, -0.1) is 0 Å². The lowest BCUT2D eigenvalue weighted by atomic mass is 10.2. The van der Waals surface area contributed by atoms with Crippen LogP contribution in [0.4, 0.5) is 10.5 Å². The third kappa shape index (κ3) is 3.41. The smallest absolute Gasteiger partial charge is 0.335 e. The van der Waals surface area contributed by atoms with E-state index in [0.717, 1.165) is 18.1 Å². The summed E-state index contributed by atoms with van der Waals surface area (Å²) in [6.45, 7) is 2.77. The Labute approximate surface area is 116 Å². The van der Waals surface area contributed by atoms with E-state index in [1.807, 2.05) is 23.6 Å². The minimum Gasteiger partial charge on any atom is -0.478 e. The summed E-state index contributed by atoms with van der Waals surface area (Å²) < 4.78 is 0. The summed E-state index contributed by atoms with van der Waals surface area (Å²) >= 11 is 1.85. The molecule has 2 amide bonds. The van der Waals surface area contributed by atoms with E-state index >= 15 is 0 Å². The zero-order valence-corrected chi connectivity index (χ0v) is 11.4. The molecule has 102 valence electrons. The number of thioether (sulfide) groups is 1. The second-order valence-corrected chi connectivity index (χ2v) is 5.58. The Bertz CT molecular complexity index is 475. The van der Waals surface area contributed by atoms with Gasteiger partial charge in [0.15, 0.2) is 0 Å². The number of hydrogen-bond acceptors (Lipinski definition) is 3. The van der Waals surface area contributed by atoms with Crippen molar-refractivity contribution in [3.05, 3.63) is 29.8 Å². The predicted octanol–water partition coefficient (Wildman–Crippen LogP) is 2.35. The van der Waals surface area contributed by atoms with Crippen LogP contribution < -0.4 is 5.32 Å². The normalized spacial score (nSPS) is 19.0. The van der Waals surface area contributed by atoms with Gasteiger partial charge in [0.25, 0.3) is 0 Å². The van der Waals surface area contributed by atoms with E-state index in [0.29, 0.717) is 5.69 Å². The first-order valence-corrected chi connectivity index (χ1v) is 7.22. The molecule has 1 unspecified atom stereocenters. The van der Waals surface area contributed by atoms with Crippen LogP contribution in [0.2, 0.25) is 0 Å². The van der Waals surface area contributed by atoms with Crippen molar-refractivity contribution >= 4 is 29.4 Å². The van der Waals surface area contributed by atoms with E-state index in [1.54, 1.807) is 12.1 Å². The lowest BCUT2D eigenvalue weighted by molar-refractivity contribution is 0.0697. The van der Waals surface area contributed by atoms with Crippen molar-refractivity contribution < 1.29 is 14.7 Å². The van der Waals surface area contributed by atoms with E-state index in [2.05, 4.69) is 5.32 Å². The van der Waals surface area contributed by atoms with E-state index in [4.69, 9.17) is 5.11 Å². The number of benzene rings is 1. The molecule has 0 radical (unpaired) electrons. The van der Waals surface area contributed by atoms with Crippen LogP contribution in [-0.2, 0) is 0 Å². The molecule has 5 nitrogen and oxygen atoms in total. The third-order valence-electron chi connectivity index (χ3n) is 3.01. The van der Waals surface area contributed by atoms with Gasteiger partial charge in [0.05, 0.1) is 5.56 Å². The number of carboxylic acid groups (broad SMARTS) is 1. The third-order valence-corrected chi connectivity index (χ3v) is 4.20. The molecule has 1 aromatic carbocycles. The average Bonchev–Trinajstić information content (AvgIpc) is 2.39. The van der Waals surface area contributed by atoms with Gasteiger partial charge in [0.1, 0.15) is 0 Å². The first-order valence-electron chi connectivity index (χ1n) is 6.06. The first-order chi connectivity index (χ1) is 9.08. The molecule has 1 aliphatic rings. The lowest BCUT2D eigenvalue weighted by Crippen LogP contribution is -2.46. The fourth-order valence-corrected chi connectivity index (χ4v) is 2.93. The number of carbonyl (C=O) groups is 2. The Morgan fingerprint density at radius 1 is 1.37 bits per heavy atom. The molecule has 1 aromatic rings. The standard InChI is InChI=1S/C13H16N2O3S/c1-9-8-19-7-6-15(9)13(18)14-11-4-2-10(3-5-11)12(16)17/h2-5,9H,6-8H2,1H3,(H,14,18)(H,16,17). The van der Waals surface area contributed by atoms with Crippen molar-refractivity contribution in [3.8, 4) is 0 Å². The fraction of sp³-hybridized carbons (Fsp3) is 0.385. The molecule has 19 heavy (non-hydrogen) atoms. The number of rotatable bonds is 2. The van der Waals surface area contributed by atoms with Gasteiger partial charge in [-0.3, -0.25) is 0 Å². The second kappa shape index (κ2) is 5.97. The number of aromatic carboxylic acids is 1. The van der Waals surface area contributed by atoms with Crippen molar-refractivity contribution in [2.45, 2.75) is 13.0 Å². The zero-order valence-electron chi connectivity index (χ0n) is 10.6. The lowest BCUT2D eigenvalue weighted by Gasteiger charge is -2.33. The molecule has 6 heteroatoms. The summed E-state index contributed by atoms with van der Waals surface area (Å²) in [5.41, 5.74) is 0.821. The van der Waals surface area contributed by atoms with Crippen LogP contribution in [0.15, 0.2) is 24.3 Å². The second-order valence-electron chi connectivity index (χ2n) is 4.43. The van der Waals surface area contributed by atoms with Gasteiger partial charge >= 0.3 is 12.0 Å². The van der Waals surface area contributed by atoms with Gasteiger partial charge in [0.2, 0.25) is 0 Å². The monoisotopic (exact) mass is 280 g/mol. The number of amides is 2. The Kier molecular flexibility index (Phi) is 4.31. The molecule has 2 rings (SSSR count). The van der Waals surface area contributed by atoms with Crippen LogP contribution in [0.5, 0.6) is 0 Å². The maximum atomic E-state index is 12.1. The van der Waals surface area contributed by atoms with E-state index in [-0.39, 0.29) is 17.6 Å². The number of nitrogens with one attached hydrogen (secondary N) is 1. The summed E-state index contributed by atoms with van der Waals surface area (Å²) in [6.07, 6.45) is 0. The summed E-state index contributed by atoms with van der Waals surface area (Å²) in [4.78, 5) is 24.6. The van der Waals surface area contributed by atoms with Crippen molar-refractivity contribution in [1.29, 1.82) is 0 Å². The largest absolute Gasteiger partial charge is 0.478 e. The quantitative estimate of drug-likeness (QED) is 0.872. The van der Waals surface area contributed by atoms with Gasteiger partial charge in [-0.1, -0.05) is 0 Å². The number of hydrogen-bond donors (Lipinski definition) is 2. The van der Waals surface area contributed by atoms with Crippen LogP contribution in [0.3, 0.4) is 0 Å². The molecular formula is C13H16N2O3S. The van der Waals surface area contributed by atoms with Gasteiger partial charge in [0, 0.05) is 29.8 Å². The van der Waals surface area contributed by atoms with Crippen LogP contribution in [-0.4, -0.2) is 46.1 Å². The minimum atomic E-state index is -0.973. The molecule has 1 saturated heterocycles. The van der Waals surface area contributed by atoms with E-state index < -0.39 is 5.97 Å². The van der Waals surface area contributed by atoms with Crippen molar-refractivity contribution in [2.75, 3.05) is 23.4 Å². The Morgan fingerprint density at radius 2 is 2.05 bits per heavy atom. The fourth-order valence-electron chi connectivity index (χ4n) is 1.92. The molecule has 2 N–H and O–H groups in total. The first kappa shape index (κ1) is 13.7. The molecule has 0 bridgehead atoms.